The van der Waals surface area contributed by atoms with E-state index in [-0.39, 0.29) is 0 Å². The first-order valence-electron chi connectivity index (χ1n) is 5.88. The van der Waals surface area contributed by atoms with Crippen molar-refractivity contribution in [1.29, 1.82) is 0 Å². The first-order chi connectivity index (χ1) is 7.09. The van der Waals surface area contributed by atoms with Crippen molar-refractivity contribution in [2.75, 3.05) is 6.54 Å². The SMILES string of the molecule is CC(C)N1CCc2c(ncn2C(C)C)C1. The van der Waals surface area contributed by atoms with Crippen LogP contribution in [0.4, 0.5) is 0 Å². The number of rotatable bonds is 2. The number of nitrogens with zero attached hydrogens (tertiary/aromatic N) is 3. The Morgan fingerprint density at radius 3 is 2.53 bits per heavy atom. The molecule has 0 N–H and O–H groups in total. The maximum atomic E-state index is 4.53. The van der Waals surface area contributed by atoms with Crippen LogP contribution < -0.4 is 0 Å². The average molecular weight is 207 g/mol. The summed E-state index contributed by atoms with van der Waals surface area (Å²) in [5.74, 6) is 0. The van der Waals surface area contributed by atoms with Gasteiger partial charge in [-0.25, -0.2) is 4.98 Å². The van der Waals surface area contributed by atoms with Gasteiger partial charge in [0.2, 0.25) is 0 Å². The Kier molecular flexibility index (Phi) is 2.83. The topological polar surface area (TPSA) is 21.1 Å². The second-order valence-electron chi connectivity index (χ2n) is 4.95. The minimum absolute atomic E-state index is 0.534. The van der Waals surface area contributed by atoms with E-state index in [1.54, 1.807) is 0 Å². The summed E-state index contributed by atoms with van der Waals surface area (Å²) in [4.78, 5) is 7.02. The third-order valence-corrected chi connectivity index (χ3v) is 3.26. The molecule has 0 aliphatic carbocycles. The summed E-state index contributed by atoms with van der Waals surface area (Å²) < 4.78 is 2.31. The van der Waals surface area contributed by atoms with Crippen molar-refractivity contribution in [3.8, 4) is 0 Å². The van der Waals surface area contributed by atoms with E-state index < -0.39 is 0 Å². The predicted octanol–water partition coefficient (Wildman–Crippen LogP) is 2.23. The highest BCUT2D eigenvalue weighted by molar-refractivity contribution is 5.17. The molecular weight excluding hydrogens is 186 g/mol. The lowest BCUT2D eigenvalue weighted by Crippen LogP contribution is -2.36. The van der Waals surface area contributed by atoms with Gasteiger partial charge < -0.3 is 4.57 Å². The molecule has 0 saturated carbocycles. The van der Waals surface area contributed by atoms with Crippen LogP contribution in [0.1, 0.15) is 45.1 Å². The molecule has 1 aromatic heterocycles. The number of hydrogen-bond donors (Lipinski definition) is 0. The van der Waals surface area contributed by atoms with Crippen molar-refractivity contribution in [2.24, 2.45) is 0 Å². The molecule has 2 heterocycles. The van der Waals surface area contributed by atoms with Gasteiger partial charge in [-0.2, -0.15) is 0 Å². The summed E-state index contributed by atoms with van der Waals surface area (Å²) in [6.07, 6.45) is 3.14. The smallest absolute Gasteiger partial charge is 0.0954 e. The summed E-state index contributed by atoms with van der Waals surface area (Å²) in [5, 5.41) is 0. The van der Waals surface area contributed by atoms with Gasteiger partial charge in [-0.15, -0.1) is 0 Å². The van der Waals surface area contributed by atoms with Crippen LogP contribution in [0.3, 0.4) is 0 Å². The average Bonchev–Trinajstić information content (AvgIpc) is 2.59. The molecule has 0 radical (unpaired) electrons. The second-order valence-corrected chi connectivity index (χ2v) is 4.95. The fourth-order valence-corrected chi connectivity index (χ4v) is 2.24. The molecule has 0 bridgehead atoms. The molecular formula is C12H21N3. The van der Waals surface area contributed by atoms with Crippen LogP contribution in [-0.4, -0.2) is 27.0 Å². The quantitative estimate of drug-likeness (QED) is 0.741. The van der Waals surface area contributed by atoms with E-state index in [0.29, 0.717) is 12.1 Å². The Morgan fingerprint density at radius 2 is 1.93 bits per heavy atom. The van der Waals surface area contributed by atoms with Crippen LogP contribution in [0.2, 0.25) is 0 Å². The Balaban J connectivity index is 2.22. The van der Waals surface area contributed by atoms with Crippen LogP contribution in [-0.2, 0) is 13.0 Å². The summed E-state index contributed by atoms with van der Waals surface area (Å²) in [6.45, 7) is 11.1. The lowest BCUT2D eigenvalue weighted by atomic mass is 10.1. The van der Waals surface area contributed by atoms with Crippen molar-refractivity contribution in [2.45, 2.75) is 52.7 Å². The predicted molar refractivity (Wildman–Crippen MR) is 61.9 cm³/mol. The van der Waals surface area contributed by atoms with Gasteiger partial charge in [0.15, 0.2) is 0 Å². The van der Waals surface area contributed by atoms with Crippen LogP contribution in [0.15, 0.2) is 6.33 Å². The second kappa shape index (κ2) is 3.97. The number of hydrogen-bond acceptors (Lipinski definition) is 2. The van der Waals surface area contributed by atoms with Crippen molar-refractivity contribution >= 4 is 0 Å². The van der Waals surface area contributed by atoms with Gasteiger partial charge in [0.1, 0.15) is 0 Å². The van der Waals surface area contributed by atoms with E-state index in [4.69, 9.17) is 0 Å². The van der Waals surface area contributed by atoms with E-state index in [9.17, 15) is 0 Å². The molecule has 0 saturated heterocycles. The monoisotopic (exact) mass is 207 g/mol. The van der Waals surface area contributed by atoms with Gasteiger partial charge in [-0.05, 0) is 27.7 Å². The molecule has 1 aliphatic heterocycles. The van der Waals surface area contributed by atoms with Gasteiger partial charge >= 0.3 is 0 Å². The third-order valence-electron chi connectivity index (χ3n) is 3.26. The molecule has 3 heteroatoms. The van der Waals surface area contributed by atoms with Gasteiger partial charge in [-0.3, -0.25) is 4.90 Å². The van der Waals surface area contributed by atoms with E-state index in [1.165, 1.54) is 17.9 Å². The van der Waals surface area contributed by atoms with Gasteiger partial charge in [0.05, 0.1) is 12.0 Å². The van der Waals surface area contributed by atoms with Crippen LogP contribution >= 0.6 is 0 Å². The van der Waals surface area contributed by atoms with E-state index in [1.807, 2.05) is 6.33 Å². The zero-order valence-corrected chi connectivity index (χ0v) is 10.2. The molecule has 1 aliphatic rings. The van der Waals surface area contributed by atoms with E-state index in [2.05, 4.69) is 42.1 Å². The normalized spacial score (nSPS) is 17.5. The molecule has 0 atom stereocenters. The minimum atomic E-state index is 0.534. The van der Waals surface area contributed by atoms with Gasteiger partial charge in [0.25, 0.3) is 0 Å². The Morgan fingerprint density at radius 1 is 1.20 bits per heavy atom. The zero-order valence-electron chi connectivity index (χ0n) is 10.2. The lowest BCUT2D eigenvalue weighted by molar-refractivity contribution is 0.198. The molecule has 0 fully saturated rings. The largest absolute Gasteiger partial charge is 0.332 e. The summed E-state index contributed by atoms with van der Waals surface area (Å²) in [7, 11) is 0. The molecule has 0 unspecified atom stereocenters. The lowest BCUT2D eigenvalue weighted by Gasteiger charge is -2.30. The summed E-state index contributed by atoms with van der Waals surface area (Å²) in [6, 6.07) is 1.16. The fourth-order valence-electron chi connectivity index (χ4n) is 2.24. The molecule has 3 nitrogen and oxygen atoms in total. The number of fused-ring (bicyclic) bond motifs is 1. The number of imidazole rings is 1. The Hall–Kier alpha value is -0.830. The first-order valence-corrected chi connectivity index (χ1v) is 5.88. The van der Waals surface area contributed by atoms with Crippen LogP contribution in [0.5, 0.6) is 0 Å². The maximum absolute atomic E-state index is 4.53. The van der Waals surface area contributed by atoms with Crippen LogP contribution in [0, 0.1) is 0 Å². The maximum Gasteiger partial charge on any atom is 0.0954 e. The first kappa shape index (κ1) is 10.7. The molecule has 0 spiro atoms. The minimum Gasteiger partial charge on any atom is -0.332 e. The van der Waals surface area contributed by atoms with Gasteiger partial charge in [-0.1, -0.05) is 0 Å². The summed E-state index contributed by atoms with van der Waals surface area (Å²) >= 11 is 0. The molecule has 0 amide bonds. The molecule has 0 aromatic carbocycles. The highest BCUT2D eigenvalue weighted by Gasteiger charge is 2.22. The Labute approximate surface area is 92.1 Å². The molecule has 2 rings (SSSR count). The van der Waals surface area contributed by atoms with Crippen molar-refractivity contribution in [3.05, 3.63) is 17.7 Å². The fraction of sp³-hybridized carbons (Fsp3) is 0.750. The third kappa shape index (κ3) is 1.93. The standard InChI is InChI=1S/C12H21N3/c1-9(2)14-6-5-12-11(7-14)13-8-15(12)10(3)4/h8-10H,5-7H2,1-4H3. The summed E-state index contributed by atoms with van der Waals surface area (Å²) in [5.41, 5.74) is 2.73. The zero-order chi connectivity index (χ0) is 11.0. The highest BCUT2D eigenvalue weighted by atomic mass is 15.2. The Bertz CT molecular complexity index is 339. The van der Waals surface area contributed by atoms with E-state index >= 15 is 0 Å². The van der Waals surface area contributed by atoms with Crippen LogP contribution in [0.25, 0.3) is 0 Å². The molecule has 1 aromatic rings. The van der Waals surface area contributed by atoms with Crippen molar-refractivity contribution in [3.63, 3.8) is 0 Å². The highest BCUT2D eigenvalue weighted by Crippen LogP contribution is 2.21. The van der Waals surface area contributed by atoms with Crippen molar-refractivity contribution in [1.82, 2.24) is 14.5 Å². The van der Waals surface area contributed by atoms with Crippen molar-refractivity contribution < 1.29 is 0 Å². The molecule has 15 heavy (non-hydrogen) atoms. The molecule has 84 valence electrons. The van der Waals surface area contributed by atoms with E-state index in [0.717, 1.165) is 13.0 Å². The van der Waals surface area contributed by atoms with Gasteiger partial charge in [0, 0.05) is 37.3 Å². The number of aromatic nitrogens is 2.